The third-order valence-corrected chi connectivity index (χ3v) is 5.30. The zero-order chi connectivity index (χ0) is 16.5. The molecule has 0 bridgehead atoms. The van der Waals surface area contributed by atoms with E-state index >= 15 is 0 Å². The number of hydrogen-bond acceptors (Lipinski definition) is 3. The zero-order valence-corrected chi connectivity index (χ0v) is 14.0. The molecule has 1 atom stereocenters. The monoisotopic (exact) mass is 335 g/mol. The number of carbonyl (C=O) groups is 1. The van der Waals surface area contributed by atoms with Crippen molar-refractivity contribution < 1.29 is 4.79 Å². The van der Waals surface area contributed by atoms with Crippen LogP contribution in [0.1, 0.15) is 23.0 Å². The molecule has 5 heteroatoms. The van der Waals surface area contributed by atoms with E-state index in [0.717, 1.165) is 16.9 Å². The summed E-state index contributed by atoms with van der Waals surface area (Å²) in [6.45, 7) is 1.86. The molecule has 0 aliphatic carbocycles. The van der Waals surface area contributed by atoms with Crippen LogP contribution >= 0.6 is 11.3 Å². The Balaban J connectivity index is 1.64. The standard InChI is InChI=1S/C19H17N3OS/c1-2-9-22-17-8-4-3-7-16(17)20-19(22)14-11-18(23)21(12-14)13-15-6-5-10-24-15/h1,3-8,10,14H,9,11-13H2. The van der Waals surface area contributed by atoms with Crippen molar-refractivity contribution in [1.29, 1.82) is 0 Å². The minimum Gasteiger partial charge on any atom is -0.337 e. The summed E-state index contributed by atoms with van der Waals surface area (Å²) in [4.78, 5) is 20.3. The molecule has 0 spiro atoms. The highest BCUT2D eigenvalue weighted by Crippen LogP contribution is 2.31. The molecular weight excluding hydrogens is 318 g/mol. The smallest absolute Gasteiger partial charge is 0.223 e. The van der Waals surface area contributed by atoms with Crippen LogP contribution in [0.4, 0.5) is 0 Å². The second-order valence-corrected chi connectivity index (χ2v) is 7.04. The Morgan fingerprint density at radius 3 is 2.96 bits per heavy atom. The number of fused-ring (bicyclic) bond motifs is 1. The number of aromatic nitrogens is 2. The molecule has 1 aliphatic rings. The number of terminal acetylenes is 1. The van der Waals surface area contributed by atoms with Gasteiger partial charge in [-0.05, 0) is 23.6 Å². The first-order valence-electron chi connectivity index (χ1n) is 7.95. The fourth-order valence-electron chi connectivity index (χ4n) is 3.35. The minimum atomic E-state index is 0.0956. The number of rotatable bonds is 4. The molecule has 24 heavy (non-hydrogen) atoms. The number of imidazole rings is 1. The largest absolute Gasteiger partial charge is 0.337 e. The van der Waals surface area contributed by atoms with Crippen molar-refractivity contribution in [3.8, 4) is 12.3 Å². The van der Waals surface area contributed by atoms with E-state index in [4.69, 9.17) is 11.4 Å². The Morgan fingerprint density at radius 1 is 1.29 bits per heavy atom. The molecule has 3 aromatic rings. The second-order valence-electron chi connectivity index (χ2n) is 6.00. The van der Waals surface area contributed by atoms with Gasteiger partial charge in [0.1, 0.15) is 5.82 Å². The predicted molar refractivity (Wildman–Crippen MR) is 95.7 cm³/mol. The maximum absolute atomic E-state index is 12.4. The highest BCUT2D eigenvalue weighted by Gasteiger charge is 2.33. The first-order chi connectivity index (χ1) is 11.8. The predicted octanol–water partition coefficient (Wildman–Crippen LogP) is 3.25. The van der Waals surface area contributed by atoms with Crippen LogP contribution in [0.2, 0.25) is 0 Å². The SMILES string of the molecule is C#CCn1c(C2CC(=O)N(Cc3cccs3)C2)nc2ccccc21. The van der Waals surface area contributed by atoms with Crippen molar-refractivity contribution in [1.82, 2.24) is 14.5 Å². The molecule has 1 amide bonds. The van der Waals surface area contributed by atoms with Gasteiger partial charge in [0.25, 0.3) is 0 Å². The van der Waals surface area contributed by atoms with Gasteiger partial charge in [-0.1, -0.05) is 24.1 Å². The molecule has 0 saturated carbocycles. The van der Waals surface area contributed by atoms with Crippen LogP contribution in [-0.2, 0) is 17.9 Å². The van der Waals surface area contributed by atoms with E-state index in [2.05, 4.69) is 16.6 Å². The molecule has 1 saturated heterocycles. The quantitative estimate of drug-likeness (QED) is 0.687. The maximum Gasteiger partial charge on any atom is 0.223 e. The molecule has 0 radical (unpaired) electrons. The van der Waals surface area contributed by atoms with Gasteiger partial charge in [-0.3, -0.25) is 4.79 Å². The minimum absolute atomic E-state index is 0.0956. The molecule has 4 nitrogen and oxygen atoms in total. The molecule has 3 heterocycles. The van der Waals surface area contributed by atoms with Crippen molar-refractivity contribution in [2.75, 3.05) is 6.54 Å². The molecule has 120 valence electrons. The summed E-state index contributed by atoms with van der Waals surface area (Å²) in [5, 5.41) is 2.04. The van der Waals surface area contributed by atoms with Gasteiger partial charge < -0.3 is 9.47 Å². The van der Waals surface area contributed by atoms with E-state index < -0.39 is 0 Å². The first-order valence-corrected chi connectivity index (χ1v) is 8.83. The van der Waals surface area contributed by atoms with Gasteiger partial charge in [0, 0.05) is 23.8 Å². The molecule has 4 rings (SSSR count). The molecule has 1 fully saturated rings. The fourth-order valence-corrected chi connectivity index (χ4v) is 4.07. The topological polar surface area (TPSA) is 38.1 Å². The van der Waals surface area contributed by atoms with Crippen LogP contribution in [0.3, 0.4) is 0 Å². The third-order valence-electron chi connectivity index (χ3n) is 4.44. The molecule has 0 N–H and O–H groups in total. The van der Waals surface area contributed by atoms with Crippen molar-refractivity contribution >= 4 is 28.3 Å². The maximum atomic E-state index is 12.4. The Bertz CT molecular complexity index is 920. The van der Waals surface area contributed by atoms with Crippen LogP contribution in [0.25, 0.3) is 11.0 Å². The van der Waals surface area contributed by atoms with Gasteiger partial charge in [-0.2, -0.15) is 0 Å². The summed E-state index contributed by atoms with van der Waals surface area (Å²) >= 11 is 1.68. The Labute approximate surface area is 144 Å². The summed E-state index contributed by atoms with van der Waals surface area (Å²) in [5.74, 6) is 3.92. The highest BCUT2D eigenvalue weighted by molar-refractivity contribution is 7.09. The molecule has 1 unspecified atom stereocenters. The van der Waals surface area contributed by atoms with Crippen LogP contribution in [0.5, 0.6) is 0 Å². The summed E-state index contributed by atoms with van der Waals surface area (Å²) in [7, 11) is 0. The Hall–Kier alpha value is -2.58. The van der Waals surface area contributed by atoms with Crippen LogP contribution in [0.15, 0.2) is 41.8 Å². The van der Waals surface area contributed by atoms with Gasteiger partial charge >= 0.3 is 0 Å². The number of carbonyl (C=O) groups excluding carboxylic acids is 1. The molecular formula is C19H17N3OS. The van der Waals surface area contributed by atoms with Crippen LogP contribution in [0, 0.1) is 12.3 Å². The van der Waals surface area contributed by atoms with Gasteiger partial charge in [-0.25, -0.2) is 4.98 Å². The van der Waals surface area contributed by atoms with Crippen LogP contribution in [-0.4, -0.2) is 26.9 Å². The van der Waals surface area contributed by atoms with Crippen molar-refractivity contribution in [2.45, 2.75) is 25.4 Å². The molecule has 1 aliphatic heterocycles. The zero-order valence-electron chi connectivity index (χ0n) is 13.2. The average molecular weight is 335 g/mol. The van der Waals surface area contributed by atoms with Crippen molar-refractivity contribution in [3.05, 3.63) is 52.5 Å². The summed E-state index contributed by atoms with van der Waals surface area (Å²) in [5.41, 5.74) is 1.97. The number of nitrogens with zero attached hydrogens (tertiary/aromatic N) is 3. The summed E-state index contributed by atoms with van der Waals surface area (Å²) < 4.78 is 2.07. The van der Waals surface area contributed by atoms with Crippen molar-refractivity contribution in [3.63, 3.8) is 0 Å². The summed E-state index contributed by atoms with van der Waals surface area (Å²) in [6, 6.07) is 12.1. The van der Waals surface area contributed by atoms with Gasteiger partial charge in [0.2, 0.25) is 5.91 Å². The normalized spacial score (nSPS) is 17.5. The number of benzene rings is 1. The lowest BCUT2D eigenvalue weighted by Gasteiger charge is -2.16. The first kappa shape index (κ1) is 15.0. The summed E-state index contributed by atoms with van der Waals surface area (Å²) in [6.07, 6.45) is 6.05. The molecule has 1 aromatic carbocycles. The number of thiophene rings is 1. The van der Waals surface area contributed by atoms with Crippen LogP contribution < -0.4 is 0 Å². The van der Waals surface area contributed by atoms with Gasteiger partial charge in [0.15, 0.2) is 0 Å². The number of hydrogen-bond donors (Lipinski definition) is 0. The second kappa shape index (κ2) is 6.14. The van der Waals surface area contributed by atoms with E-state index in [-0.39, 0.29) is 11.8 Å². The lowest BCUT2D eigenvalue weighted by molar-refractivity contribution is -0.128. The Morgan fingerprint density at radius 2 is 2.17 bits per heavy atom. The number of para-hydroxylation sites is 2. The van der Waals surface area contributed by atoms with E-state index in [1.807, 2.05) is 40.6 Å². The Kier molecular flexibility index (Phi) is 3.83. The third kappa shape index (κ3) is 2.59. The fraction of sp³-hybridized carbons (Fsp3) is 0.263. The van der Waals surface area contributed by atoms with E-state index in [1.165, 1.54) is 4.88 Å². The molecule has 2 aromatic heterocycles. The van der Waals surface area contributed by atoms with E-state index in [1.54, 1.807) is 11.3 Å². The average Bonchev–Trinajstić information content (AvgIpc) is 3.29. The van der Waals surface area contributed by atoms with Crippen molar-refractivity contribution in [2.24, 2.45) is 0 Å². The van der Waals surface area contributed by atoms with Gasteiger partial charge in [0.05, 0.1) is 24.1 Å². The highest BCUT2D eigenvalue weighted by atomic mass is 32.1. The number of likely N-dealkylation sites (tertiary alicyclic amines) is 1. The number of amides is 1. The lowest BCUT2D eigenvalue weighted by atomic mass is 10.1. The van der Waals surface area contributed by atoms with E-state index in [9.17, 15) is 4.79 Å². The van der Waals surface area contributed by atoms with Gasteiger partial charge in [-0.15, -0.1) is 17.8 Å². The lowest BCUT2D eigenvalue weighted by Crippen LogP contribution is -2.24. The van der Waals surface area contributed by atoms with E-state index in [0.29, 0.717) is 26.1 Å².